The van der Waals surface area contributed by atoms with Gasteiger partial charge >= 0.3 is 0 Å². The summed E-state index contributed by atoms with van der Waals surface area (Å²) in [5.41, 5.74) is 4.84. The van der Waals surface area contributed by atoms with Crippen LogP contribution in [0, 0.1) is 13.8 Å². The molecule has 1 heterocycles. The molecule has 2 aromatic rings. The van der Waals surface area contributed by atoms with Crippen molar-refractivity contribution in [1.82, 2.24) is 15.1 Å². The predicted molar refractivity (Wildman–Crippen MR) is 89.0 cm³/mol. The molecule has 0 aliphatic heterocycles. The standard InChI is InChI=1S/C17H24ClN3/c1-5-7-21-17(15(18)11-20-21)16(19-6-2)14-9-12(3)8-13(4)10-14/h8-11,16,19H,5-7H2,1-4H3. The highest BCUT2D eigenvalue weighted by molar-refractivity contribution is 6.31. The zero-order chi connectivity index (χ0) is 15.4. The Morgan fingerprint density at radius 1 is 1.19 bits per heavy atom. The average molecular weight is 306 g/mol. The second-order valence-corrected chi connectivity index (χ2v) is 5.92. The van der Waals surface area contributed by atoms with E-state index in [4.69, 9.17) is 11.6 Å². The lowest BCUT2D eigenvalue weighted by molar-refractivity contribution is 0.520. The third kappa shape index (κ3) is 3.66. The SMILES string of the molecule is CCCn1ncc(Cl)c1C(NCC)c1cc(C)cc(C)c1. The fourth-order valence-electron chi connectivity index (χ4n) is 2.80. The number of benzene rings is 1. The minimum Gasteiger partial charge on any atom is -0.305 e. The average Bonchev–Trinajstić information content (AvgIpc) is 2.77. The first-order chi connectivity index (χ1) is 10.1. The number of halogens is 1. The summed E-state index contributed by atoms with van der Waals surface area (Å²) in [5.74, 6) is 0. The zero-order valence-electron chi connectivity index (χ0n) is 13.3. The normalized spacial score (nSPS) is 12.6. The molecule has 0 spiro atoms. The van der Waals surface area contributed by atoms with Gasteiger partial charge in [0, 0.05) is 6.54 Å². The molecule has 0 aliphatic carbocycles. The molecule has 1 N–H and O–H groups in total. The zero-order valence-corrected chi connectivity index (χ0v) is 14.0. The summed E-state index contributed by atoms with van der Waals surface area (Å²) in [6.45, 7) is 10.3. The summed E-state index contributed by atoms with van der Waals surface area (Å²) in [6, 6.07) is 6.72. The van der Waals surface area contributed by atoms with E-state index < -0.39 is 0 Å². The maximum Gasteiger partial charge on any atom is 0.0837 e. The molecule has 1 aromatic carbocycles. The molecule has 1 atom stereocenters. The largest absolute Gasteiger partial charge is 0.305 e. The topological polar surface area (TPSA) is 29.9 Å². The maximum atomic E-state index is 6.42. The van der Waals surface area contributed by atoms with Crippen molar-refractivity contribution in [2.75, 3.05) is 6.54 Å². The van der Waals surface area contributed by atoms with E-state index in [0.29, 0.717) is 0 Å². The van der Waals surface area contributed by atoms with Crippen molar-refractivity contribution in [3.63, 3.8) is 0 Å². The Bertz CT molecular complexity index is 584. The van der Waals surface area contributed by atoms with Crippen LogP contribution in [-0.4, -0.2) is 16.3 Å². The number of nitrogens with one attached hydrogen (secondary N) is 1. The molecular formula is C17H24ClN3. The quantitative estimate of drug-likeness (QED) is 0.864. The molecular weight excluding hydrogens is 282 g/mol. The second kappa shape index (κ2) is 7.10. The minimum absolute atomic E-state index is 0.0788. The van der Waals surface area contributed by atoms with Crippen LogP contribution in [0.5, 0.6) is 0 Å². The van der Waals surface area contributed by atoms with Crippen molar-refractivity contribution in [1.29, 1.82) is 0 Å². The Morgan fingerprint density at radius 3 is 2.43 bits per heavy atom. The lowest BCUT2D eigenvalue weighted by Gasteiger charge is -2.21. The summed E-state index contributed by atoms with van der Waals surface area (Å²) in [6.07, 6.45) is 2.79. The monoisotopic (exact) mass is 305 g/mol. The van der Waals surface area contributed by atoms with Gasteiger partial charge in [-0.3, -0.25) is 4.68 Å². The highest BCUT2D eigenvalue weighted by Gasteiger charge is 2.21. The lowest BCUT2D eigenvalue weighted by Crippen LogP contribution is -2.25. The van der Waals surface area contributed by atoms with Crippen LogP contribution >= 0.6 is 11.6 Å². The molecule has 0 bridgehead atoms. The van der Waals surface area contributed by atoms with Crippen molar-refractivity contribution in [2.45, 2.75) is 46.7 Å². The third-order valence-electron chi connectivity index (χ3n) is 3.53. The van der Waals surface area contributed by atoms with Crippen LogP contribution in [0.2, 0.25) is 5.02 Å². The van der Waals surface area contributed by atoms with Gasteiger partial charge in [0.25, 0.3) is 0 Å². The fourth-order valence-corrected chi connectivity index (χ4v) is 3.05. The third-order valence-corrected chi connectivity index (χ3v) is 3.82. The lowest BCUT2D eigenvalue weighted by atomic mass is 9.99. The van der Waals surface area contributed by atoms with Gasteiger partial charge in [0.2, 0.25) is 0 Å². The Hall–Kier alpha value is -1.32. The van der Waals surface area contributed by atoms with Crippen molar-refractivity contribution in [3.05, 3.63) is 51.8 Å². The van der Waals surface area contributed by atoms with Crippen molar-refractivity contribution in [2.24, 2.45) is 0 Å². The van der Waals surface area contributed by atoms with Crippen LogP contribution in [0.25, 0.3) is 0 Å². The minimum atomic E-state index is 0.0788. The predicted octanol–water partition coefficient (Wildman–Crippen LogP) is 4.26. The maximum absolute atomic E-state index is 6.42. The van der Waals surface area contributed by atoms with Gasteiger partial charge in [0.1, 0.15) is 0 Å². The first-order valence-corrected chi connectivity index (χ1v) is 7.97. The molecule has 3 nitrogen and oxygen atoms in total. The molecule has 2 rings (SSSR count). The van der Waals surface area contributed by atoms with Crippen LogP contribution in [0.4, 0.5) is 0 Å². The molecule has 1 unspecified atom stereocenters. The van der Waals surface area contributed by atoms with Gasteiger partial charge in [0.05, 0.1) is 23.0 Å². The molecule has 21 heavy (non-hydrogen) atoms. The summed E-state index contributed by atoms with van der Waals surface area (Å²) in [7, 11) is 0. The van der Waals surface area contributed by atoms with E-state index >= 15 is 0 Å². The smallest absolute Gasteiger partial charge is 0.0837 e. The van der Waals surface area contributed by atoms with Gasteiger partial charge in [0.15, 0.2) is 0 Å². The summed E-state index contributed by atoms with van der Waals surface area (Å²) in [5, 5.41) is 8.70. The second-order valence-electron chi connectivity index (χ2n) is 5.51. The van der Waals surface area contributed by atoms with E-state index in [2.05, 4.69) is 56.3 Å². The summed E-state index contributed by atoms with van der Waals surface area (Å²) < 4.78 is 2.02. The van der Waals surface area contributed by atoms with Gasteiger partial charge in [-0.2, -0.15) is 5.10 Å². The first-order valence-electron chi connectivity index (χ1n) is 7.59. The Balaban J connectivity index is 2.50. The summed E-state index contributed by atoms with van der Waals surface area (Å²) in [4.78, 5) is 0. The highest BCUT2D eigenvalue weighted by atomic mass is 35.5. The molecule has 4 heteroatoms. The van der Waals surface area contributed by atoms with E-state index in [1.807, 2.05) is 4.68 Å². The van der Waals surface area contributed by atoms with E-state index in [-0.39, 0.29) is 6.04 Å². The number of nitrogens with zero attached hydrogens (tertiary/aromatic N) is 2. The van der Waals surface area contributed by atoms with E-state index in [1.165, 1.54) is 16.7 Å². The Kier molecular flexibility index (Phi) is 5.43. The number of aromatic nitrogens is 2. The van der Waals surface area contributed by atoms with E-state index in [9.17, 15) is 0 Å². The molecule has 1 aromatic heterocycles. The number of aryl methyl sites for hydroxylation is 3. The van der Waals surface area contributed by atoms with Crippen molar-refractivity contribution in [3.8, 4) is 0 Å². The molecule has 0 aliphatic rings. The summed E-state index contributed by atoms with van der Waals surface area (Å²) >= 11 is 6.42. The van der Waals surface area contributed by atoms with Crippen LogP contribution in [0.15, 0.2) is 24.4 Å². The van der Waals surface area contributed by atoms with E-state index in [1.54, 1.807) is 6.20 Å². The van der Waals surface area contributed by atoms with Crippen LogP contribution in [-0.2, 0) is 6.54 Å². The van der Waals surface area contributed by atoms with Crippen molar-refractivity contribution >= 4 is 11.6 Å². The van der Waals surface area contributed by atoms with Crippen molar-refractivity contribution < 1.29 is 0 Å². The number of rotatable bonds is 6. The first kappa shape index (κ1) is 16.1. The van der Waals surface area contributed by atoms with Gasteiger partial charge in [-0.15, -0.1) is 0 Å². The number of hydrogen-bond acceptors (Lipinski definition) is 2. The fraction of sp³-hybridized carbons (Fsp3) is 0.471. The molecule has 0 radical (unpaired) electrons. The molecule has 0 saturated carbocycles. The van der Waals surface area contributed by atoms with Gasteiger partial charge in [-0.05, 0) is 32.4 Å². The molecule has 114 valence electrons. The van der Waals surface area contributed by atoms with Gasteiger partial charge < -0.3 is 5.32 Å². The van der Waals surface area contributed by atoms with Crippen LogP contribution in [0.1, 0.15) is 48.7 Å². The van der Waals surface area contributed by atoms with Gasteiger partial charge in [-0.25, -0.2) is 0 Å². The van der Waals surface area contributed by atoms with Crippen LogP contribution in [0.3, 0.4) is 0 Å². The molecule has 0 saturated heterocycles. The highest BCUT2D eigenvalue weighted by Crippen LogP contribution is 2.29. The van der Waals surface area contributed by atoms with Gasteiger partial charge in [-0.1, -0.05) is 54.8 Å². The van der Waals surface area contributed by atoms with Crippen LogP contribution < -0.4 is 5.32 Å². The Labute approximate surface area is 132 Å². The van der Waals surface area contributed by atoms with E-state index in [0.717, 1.165) is 30.2 Å². The number of hydrogen-bond donors (Lipinski definition) is 1. The molecule has 0 fully saturated rings. The Morgan fingerprint density at radius 2 is 1.86 bits per heavy atom. The molecule has 0 amide bonds.